The fourth-order valence-corrected chi connectivity index (χ4v) is 3.98. The van der Waals surface area contributed by atoms with Gasteiger partial charge in [0.15, 0.2) is 5.96 Å². The van der Waals surface area contributed by atoms with Crippen molar-refractivity contribution in [1.29, 1.82) is 0 Å². The summed E-state index contributed by atoms with van der Waals surface area (Å²) in [6.07, 6.45) is 2.25. The van der Waals surface area contributed by atoms with Crippen LogP contribution in [0.5, 0.6) is 5.75 Å². The molecule has 2 fully saturated rings. The Balaban J connectivity index is 0.00000341. The summed E-state index contributed by atoms with van der Waals surface area (Å²) in [5.41, 5.74) is 0. The normalized spacial score (nSPS) is 18.5. The molecule has 2 saturated heterocycles. The van der Waals surface area contributed by atoms with Gasteiger partial charge >= 0.3 is 0 Å². The minimum atomic E-state index is -0.306. The number of carbonyl (C=O) groups excluding carboxylic acids is 1. The Morgan fingerprint density at radius 2 is 1.87 bits per heavy atom. The van der Waals surface area contributed by atoms with Gasteiger partial charge in [-0.2, -0.15) is 0 Å². The molecule has 0 aromatic heterocycles. The van der Waals surface area contributed by atoms with Crippen LogP contribution in [0.15, 0.2) is 29.3 Å². The second-order valence-corrected chi connectivity index (χ2v) is 7.77. The molecule has 3 rings (SSSR count). The Morgan fingerprint density at radius 1 is 1.16 bits per heavy atom. The van der Waals surface area contributed by atoms with Crippen LogP contribution in [0.2, 0.25) is 0 Å². The number of carbonyl (C=O) groups is 1. The number of nitrogens with zero attached hydrogens (tertiary/aromatic N) is 4. The van der Waals surface area contributed by atoms with E-state index in [1.807, 2.05) is 18.7 Å². The zero-order valence-corrected chi connectivity index (χ0v) is 20.9. The van der Waals surface area contributed by atoms with Crippen molar-refractivity contribution in [2.75, 3.05) is 59.0 Å². The lowest BCUT2D eigenvalue weighted by Crippen LogP contribution is -2.57. The molecule has 0 saturated carbocycles. The first-order valence-electron chi connectivity index (χ1n) is 11.0. The number of guanidine groups is 1. The van der Waals surface area contributed by atoms with Gasteiger partial charge in [0.05, 0.1) is 12.6 Å². The molecule has 1 N–H and O–H groups in total. The molecule has 2 aliphatic rings. The van der Waals surface area contributed by atoms with Crippen LogP contribution >= 0.6 is 24.0 Å². The average molecular weight is 547 g/mol. The summed E-state index contributed by atoms with van der Waals surface area (Å²) in [6, 6.07) is 6.07. The van der Waals surface area contributed by atoms with Gasteiger partial charge in [0.1, 0.15) is 18.2 Å². The average Bonchev–Trinajstić information content (AvgIpc) is 3.30. The Labute approximate surface area is 202 Å². The molecular weight excluding hydrogens is 512 g/mol. The van der Waals surface area contributed by atoms with Gasteiger partial charge in [-0.05, 0) is 38.8 Å². The van der Waals surface area contributed by atoms with Crippen LogP contribution < -0.4 is 10.1 Å². The van der Waals surface area contributed by atoms with E-state index in [1.54, 1.807) is 12.1 Å². The Kier molecular flexibility index (Phi) is 10.8. The SMILES string of the molecule is CCNC(=NCCOc1cccc(F)c1)N1CCN(C(C)C(=O)N2CCCC2)CC1.I. The Bertz CT molecular complexity index is 722. The van der Waals surface area contributed by atoms with E-state index in [4.69, 9.17) is 4.74 Å². The molecule has 1 atom stereocenters. The first-order valence-corrected chi connectivity index (χ1v) is 11.0. The monoisotopic (exact) mass is 547 g/mol. The van der Waals surface area contributed by atoms with Crippen molar-refractivity contribution in [2.24, 2.45) is 4.99 Å². The molecule has 0 radical (unpaired) electrons. The molecule has 1 aromatic rings. The van der Waals surface area contributed by atoms with Crippen molar-refractivity contribution in [3.63, 3.8) is 0 Å². The van der Waals surface area contributed by atoms with Gasteiger partial charge in [-0.1, -0.05) is 6.07 Å². The first kappa shape index (κ1) is 25.6. The smallest absolute Gasteiger partial charge is 0.239 e. The van der Waals surface area contributed by atoms with Crippen LogP contribution in [-0.4, -0.2) is 91.6 Å². The lowest BCUT2D eigenvalue weighted by Gasteiger charge is -2.39. The van der Waals surface area contributed by atoms with E-state index in [9.17, 15) is 9.18 Å². The molecule has 7 nitrogen and oxygen atoms in total. The molecule has 2 aliphatic heterocycles. The lowest BCUT2D eigenvalue weighted by atomic mass is 10.2. The number of benzene rings is 1. The van der Waals surface area contributed by atoms with E-state index in [1.165, 1.54) is 12.1 Å². The molecule has 9 heteroatoms. The summed E-state index contributed by atoms with van der Waals surface area (Å²) < 4.78 is 18.8. The van der Waals surface area contributed by atoms with Gasteiger partial charge in [-0.25, -0.2) is 9.38 Å². The van der Waals surface area contributed by atoms with Crippen molar-refractivity contribution < 1.29 is 13.9 Å². The van der Waals surface area contributed by atoms with Crippen molar-refractivity contribution in [3.05, 3.63) is 30.1 Å². The Morgan fingerprint density at radius 3 is 2.52 bits per heavy atom. The number of likely N-dealkylation sites (tertiary alicyclic amines) is 1. The van der Waals surface area contributed by atoms with Crippen molar-refractivity contribution in [2.45, 2.75) is 32.7 Å². The molecule has 2 heterocycles. The zero-order valence-electron chi connectivity index (χ0n) is 18.6. The minimum Gasteiger partial charge on any atom is -0.492 e. The topological polar surface area (TPSA) is 60.4 Å². The van der Waals surface area contributed by atoms with E-state index >= 15 is 0 Å². The molecular formula is C22H35FIN5O2. The summed E-state index contributed by atoms with van der Waals surface area (Å²) >= 11 is 0. The molecule has 1 aromatic carbocycles. The summed E-state index contributed by atoms with van der Waals surface area (Å²) in [4.78, 5) is 23.8. The number of ether oxygens (including phenoxy) is 1. The van der Waals surface area contributed by atoms with Crippen LogP contribution in [0.1, 0.15) is 26.7 Å². The summed E-state index contributed by atoms with van der Waals surface area (Å²) in [6.45, 7) is 10.9. The third kappa shape index (κ3) is 7.48. The summed E-state index contributed by atoms with van der Waals surface area (Å²) in [7, 11) is 0. The van der Waals surface area contributed by atoms with E-state index in [-0.39, 0.29) is 41.7 Å². The largest absolute Gasteiger partial charge is 0.492 e. The van der Waals surface area contributed by atoms with Gasteiger partial charge in [-0.3, -0.25) is 9.69 Å². The molecule has 0 bridgehead atoms. The highest BCUT2D eigenvalue weighted by Gasteiger charge is 2.30. The van der Waals surface area contributed by atoms with E-state index < -0.39 is 0 Å². The van der Waals surface area contributed by atoms with Crippen LogP contribution in [0.25, 0.3) is 0 Å². The van der Waals surface area contributed by atoms with Gasteiger partial charge < -0.3 is 19.9 Å². The first-order chi connectivity index (χ1) is 14.6. The number of amides is 1. The fraction of sp³-hybridized carbons (Fsp3) is 0.636. The highest BCUT2D eigenvalue weighted by atomic mass is 127. The van der Waals surface area contributed by atoms with E-state index in [2.05, 4.69) is 20.1 Å². The maximum absolute atomic E-state index is 13.2. The molecule has 174 valence electrons. The number of rotatable bonds is 7. The number of hydrogen-bond donors (Lipinski definition) is 1. The predicted octanol–water partition coefficient (Wildman–Crippen LogP) is 2.42. The van der Waals surface area contributed by atoms with Crippen LogP contribution in [0.3, 0.4) is 0 Å². The molecule has 0 aliphatic carbocycles. The molecule has 1 unspecified atom stereocenters. The van der Waals surface area contributed by atoms with Gasteiger partial charge in [0.2, 0.25) is 5.91 Å². The highest BCUT2D eigenvalue weighted by Crippen LogP contribution is 2.14. The quantitative estimate of drug-likeness (QED) is 0.246. The lowest BCUT2D eigenvalue weighted by molar-refractivity contribution is -0.135. The van der Waals surface area contributed by atoms with Gasteiger partial charge in [0.25, 0.3) is 0 Å². The number of aliphatic imine (C=N–C) groups is 1. The fourth-order valence-electron chi connectivity index (χ4n) is 3.98. The number of nitrogens with one attached hydrogen (secondary N) is 1. The maximum Gasteiger partial charge on any atom is 0.239 e. The van der Waals surface area contributed by atoms with Crippen molar-refractivity contribution in [3.8, 4) is 5.75 Å². The van der Waals surface area contributed by atoms with E-state index in [0.29, 0.717) is 18.9 Å². The third-order valence-electron chi connectivity index (χ3n) is 5.69. The second-order valence-electron chi connectivity index (χ2n) is 7.77. The van der Waals surface area contributed by atoms with E-state index in [0.717, 1.165) is 64.6 Å². The van der Waals surface area contributed by atoms with Crippen LogP contribution in [0, 0.1) is 5.82 Å². The number of hydrogen-bond acceptors (Lipinski definition) is 4. The van der Waals surface area contributed by atoms with Gasteiger partial charge in [0, 0.05) is 51.9 Å². The highest BCUT2D eigenvalue weighted by molar-refractivity contribution is 14.0. The van der Waals surface area contributed by atoms with Crippen LogP contribution in [-0.2, 0) is 4.79 Å². The number of piperazine rings is 1. The zero-order chi connectivity index (χ0) is 21.3. The molecule has 31 heavy (non-hydrogen) atoms. The Hall–Kier alpha value is -1.62. The summed E-state index contributed by atoms with van der Waals surface area (Å²) in [5, 5.41) is 3.34. The number of halogens is 2. The third-order valence-corrected chi connectivity index (χ3v) is 5.69. The van der Waals surface area contributed by atoms with Crippen molar-refractivity contribution >= 4 is 35.8 Å². The maximum atomic E-state index is 13.2. The van der Waals surface area contributed by atoms with Gasteiger partial charge in [-0.15, -0.1) is 24.0 Å². The van der Waals surface area contributed by atoms with Crippen molar-refractivity contribution in [1.82, 2.24) is 20.0 Å². The summed E-state index contributed by atoms with van der Waals surface area (Å²) in [5.74, 6) is 1.33. The second kappa shape index (κ2) is 13.0. The predicted molar refractivity (Wildman–Crippen MR) is 132 cm³/mol. The standard InChI is InChI=1S/C22H34FN5O2.HI/c1-3-24-22(25-9-16-30-20-8-6-7-19(23)17-20)28-14-12-26(13-15-28)18(2)21(29)27-10-4-5-11-27;/h6-8,17-18H,3-5,9-16H2,1-2H3,(H,24,25);1H. The van der Waals surface area contributed by atoms with Crippen LogP contribution in [0.4, 0.5) is 4.39 Å². The molecule has 0 spiro atoms. The molecule has 1 amide bonds. The minimum absolute atomic E-state index is 0.